The summed E-state index contributed by atoms with van der Waals surface area (Å²) in [6.45, 7) is 3.33. The van der Waals surface area contributed by atoms with Crippen LogP contribution < -0.4 is 0 Å². The zero-order chi connectivity index (χ0) is 18.9. The topological polar surface area (TPSA) is 94.8 Å². The molecule has 1 heterocycles. The number of carbonyl (C=O) groups is 2. The maximum absolute atomic E-state index is 12.7. The van der Waals surface area contributed by atoms with E-state index in [-0.39, 0.29) is 31.7 Å². The Hall–Kier alpha value is -2.74. The highest BCUT2D eigenvalue weighted by Crippen LogP contribution is 2.24. The third kappa shape index (κ3) is 5.38. The minimum Gasteiger partial charge on any atom is -0.468 e. The molecular weight excluding hydrogens is 338 g/mol. The van der Waals surface area contributed by atoms with Crippen molar-refractivity contribution in [3.63, 3.8) is 0 Å². The van der Waals surface area contributed by atoms with Gasteiger partial charge in [-0.25, -0.2) is 0 Å². The smallest absolute Gasteiger partial charge is 0.325 e. The zero-order valence-corrected chi connectivity index (χ0v) is 15.2. The molecule has 8 heteroatoms. The van der Waals surface area contributed by atoms with E-state index in [9.17, 15) is 9.59 Å². The molecule has 0 bridgehead atoms. The first kappa shape index (κ1) is 19.6. The number of benzene rings is 1. The van der Waals surface area contributed by atoms with Gasteiger partial charge in [-0.15, -0.1) is 0 Å². The molecule has 0 saturated carbocycles. The predicted octanol–water partition coefficient (Wildman–Crippen LogP) is 2.05. The van der Waals surface area contributed by atoms with Gasteiger partial charge >= 0.3 is 5.97 Å². The van der Waals surface area contributed by atoms with E-state index in [0.29, 0.717) is 18.1 Å². The molecular formula is C18H23N3O5. The number of rotatable bonds is 9. The van der Waals surface area contributed by atoms with Crippen LogP contribution in [0.3, 0.4) is 0 Å². The van der Waals surface area contributed by atoms with Crippen molar-refractivity contribution < 1.29 is 23.6 Å². The Morgan fingerprint density at radius 2 is 2.00 bits per heavy atom. The maximum Gasteiger partial charge on any atom is 0.325 e. The van der Waals surface area contributed by atoms with E-state index in [1.807, 2.05) is 37.3 Å². The summed E-state index contributed by atoms with van der Waals surface area (Å²) < 4.78 is 15.1. The van der Waals surface area contributed by atoms with Gasteiger partial charge in [-0.1, -0.05) is 42.4 Å². The van der Waals surface area contributed by atoms with Crippen molar-refractivity contribution in [2.45, 2.75) is 32.9 Å². The van der Waals surface area contributed by atoms with Gasteiger partial charge in [-0.3, -0.25) is 9.59 Å². The van der Waals surface area contributed by atoms with Gasteiger partial charge in [0.1, 0.15) is 19.8 Å². The van der Waals surface area contributed by atoms with Gasteiger partial charge in [0.15, 0.2) is 5.82 Å². The predicted molar refractivity (Wildman–Crippen MR) is 91.9 cm³/mol. The molecule has 0 aliphatic rings. The summed E-state index contributed by atoms with van der Waals surface area (Å²) in [6, 6.07) is 9.29. The van der Waals surface area contributed by atoms with Crippen molar-refractivity contribution >= 4 is 11.9 Å². The Kier molecular flexibility index (Phi) is 7.28. The summed E-state index contributed by atoms with van der Waals surface area (Å²) >= 11 is 0. The number of nitrogens with zero attached hydrogens (tertiary/aromatic N) is 3. The second-order valence-electron chi connectivity index (χ2n) is 5.66. The summed E-state index contributed by atoms with van der Waals surface area (Å²) in [5.74, 6) is -0.00937. The van der Waals surface area contributed by atoms with Gasteiger partial charge in [-0.05, 0) is 18.9 Å². The number of esters is 1. The van der Waals surface area contributed by atoms with E-state index >= 15 is 0 Å². The van der Waals surface area contributed by atoms with Crippen LogP contribution in [-0.2, 0) is 25.7 Å². The number of aryl methyl sites for hydroxylation is 1. The van der Waals surface area contributed by atoms with E-state index in [0.717, 1.165) is 5.56 Å². The molecule has 0 aliphatic carbocycles. The molecule has 140 valence electrons. The first-order valence-corrected chi connectivity index (χ1v) is 8.33. The Morgan fingerprint density at radius 3 is 2.58 bits per heavy atom. The van der Waals surface area contributed by atoms with Crippen molar-refractivity contribution in [2.24, 2.45) is 0 Å². The van der Waals surface area contributed by atoms with Crippen LogP contribution in [0.5, 0.6) is 0 Å². The van der Waals surface area contributed by atoms with Crippen LogP contribution in [0.2, 0.25) is 0 Å². The molecule has 1 amide bonds. The molecule has 1 atom stereocenters. The number of hydrogen-bond donors (Lipinski definition) is 0. The number of hydrogen-bond acceptors (Lipinski definition) is 7. The Labute approximate surface area is 152 Å². The minimum absolute atomic E-state index is 0.0285. The fourth-order valence-corrected chi connectivity index (χ4v) is 2.59. The van der Waals surface area contributed by atoms with Crippen molar-refractivity contribution in [1.82, 2.24) is 15.0 Å². The molecule has 2 aromatic rings. The molecule has 26 heavy (non-hydrogen) atoms. The molecule has 0 fully saturated rings. The van der Waals surface area contributed by atoms with Crippen molar-refractivity contribution in [2.75, 3.05) is 20.3 Å². The van der Waals surface area contributed by atoms with Crippen LogP contribution in [0.15, 0.2) is 34.9 Å². The second-order valence-corrected chi connectivity index (χ2v) is 5.66. The van der Waals surface area contributed by atoms with E-state index < -0.39 is 5.97 Å². The highest BCUT2D eigenvalue weighted by atomic mass is 16.5. The van der Waals surface area contributed by atoms with Crippen LogP contribution in [-0.4, -0.2) is 47.2 Å². The van der Waals surface area contributed by atoms with E-state index in [4.69, 9.17) is 14.0 Å². The summed E-state index contributed by atoms with van der Waals surface area (Å²) in [6.07, 6.45) is 0.648. The molecule has 1 aromatic carbocycles. The number of amides is 1. The lowest BCUT2D eigenvalue weighted by atomic mass is 10.0. The molecule has 0 saturated heterocycles. The molecule has 8 nitrogen and oxygen atoms in total. The summed E-state index contributed by atoms with van der Waals surface area (Å²) in [7, 11) is 1.29. The molecule has 2 rings (SSSR count). The second kappa shape index (κ2) is 9.67. The molecule has 0 aliphatic heterocycles. The van der Waals surface area contributed by atoms with Crippen molar-refractivity contribution in [3.8, 4) is 0 Å². The standard InChI is InChI=1S/C18H23N3O5/c1-4-15(14-8-6-5-7-9-14)21(10-18(23)24-3)17(22)12-25-11-16-19-13(2)20-26-16/h5-9,15H,4,10-12H2,1-3H3/t15-/m1/s1. The number of ether oxygens (including phenoxy) is 2. The van der Waals surface area contributed by atoms with E-state index in [1.54, 1.807) is 6.92 Å². The lowest BCUT2D eigenvalue weighted by molar-refractivity contribution is -0.151. The Morgan fingerprint density at radius 1 is 1.27 bits per heavy atom. The van der Waals surface area contributed by atoms with Crippen LogP contribution in [0.25, 0.3) is 0 Å². The monoisotopic (exact) mass is 361 g/mol. The van der Waals surface area contributed by atoms with Gasteiger partial charge in [0.25, 0.3) is 5.89 Å². The summed E-state index contributed by atoms with van der Waals surface area (Å²) in [4.78, 5) is 30.0. The lowest BCUT2D eigenvalue weighted by Gasteiger charge is -2.30. The van der Waals surface area contributed by atoms with Crippen LogP contribution in [0, 0.1) is 6.92 Å². The Balaban J connectivity index is 2.06. The average molecular weight is 361 g/mol. The first-order chi connectivity index (χ1) is 12.5. The first-order valence-electron chi connectivity index (χ1n) is 8.33. The third-order valence-electron chi connectivity index (χ3n) is 3.82. The average Bonchev–Trinajstić information content (AvgIpc) is 3.07. The molecule has 0 spiro atoms. The fourth-order valence-electron chi connectivity index (χ4n) is 2.59. The SMILES string of the molecule is CC[C@H](c1ccccc1)N(CC(=O)OC)C(=O)COCc1nc(C)no1. The molecule has 1 aromatic heterocycles. The van der Waals surface area contributed by atoms with E-state index in [2.05, 4.69) is 10.1 Å². The lowest BCUT2D eigenvalue weighted by Crippen LogP contribution is -2.41. The third-order valence-corrected chi connectivity index (χ3v) is 3.82. The maximum atomic E-state index is 12.7. The minimum atomic E-state index is -0.486. The summed E-state index contributed by atoms with van der Waals surface area (Å²) in [5, 5.41) is 3.66. The number of aromatic nitrogens is 2. The largest absolute Gasteiger partial charge is 0.468 e. The van der Waals surface area contributed by atoms with Crippen LogP contribution in [0.1, 0.15) is 36.7 Å². The zero-order valence-electron chi connectivity index (χ0n) is 15.2. The quantitative estimate of drug-likeness (QED) is 0.631. The fraction of sp³-hybridized carbons (Fsp3) is 0.444. The Bertz CT molecular complexity index is 717. The van der Waals surface area contributed by atoms with Crippen LogP contribution >= 0.6 is 0 Å². The van der Waals surface area contributed by atoms with Crippen LogP contribution in [0.4, 0.5) is 0 Å². The van der Waals surface area contributed by atoms with Gasteiger partial charge in [0, 0.05) is 0 Å². The van der Waals surface area contributed by atoms with Gasteiger partial charge in [-0.2, -0.15) is 4.98 Å². The van der Waals surface area contributed by atoms with E-state index in [1.165, 1.54) is 12.0 Å². The molecule has 0 radical (unpaired) electrons. The van der Waals surface area contributed by atoms with Crippen molar-refractivity contribution in [3.05, 3.63) is 47.6 Å². The highest BCUT2D eigenvalue weighted by Gasteiger charge is 2.26. The van der Waals surface area contributed by atoms with Gasteiger partial charge in [0.05, 0.1) is 13.2 Å². The molecule has 0 N–H and O–H groups in total. The van der Waals surface area contributed by atoms with Gasteiger partial charge < -0.3 is 18.9 Å². The molecule has 0 unspecified atom stereocenters. The van der Waals surface area contributed by atoms with Gasteiger partial charge in [0.2, 0.25) is 5.91 Å². The van der Waals surface area contributed by atoms with Crippen molar-refractivity contribution in [1.29, 1.82) is 0 Å². The highest BCUT2D eigenvalue weighted by molar-refractivity contribution is 5.83. The number of methoxy groups -OCH3 is 1. The number of carbonyl (C=O) groups excluding carboxylic acids is 2. The normalized spacial score (nSPS) is 11.8. The summed E-state index contributed by atoms with van der Waals surface area (Å²) in [5.41, 5.74) is 0.944.